The van der Waals surface area contributed by atoms with E-state index in [1.165, 1.54) is 263 Å². The summed E-state index contributed by atoms with van der Waals surface area (Å²) in [6.45, 7) is 4.33. The summed E-state index contributed by atoms with van der Waals surface area (Å²) in [7, 11) is 0. The Morgan fingerprint density at radius 2 is 0.591 bits per heavy atom. The van der Waals surface area contributed by atoms with Gasteiger partial charge in [-0.25, -0.2) is 0 Å². The Kier molecular flexibility index (Phi) is 56.2. The highest BCUT2D eigenvalue weighted by atomic mass is 16.3. The van der Waals surface area contributed by atoms with Gasteiger partial charge >= 0.3 is 0 Å². The molecule has 4 heteroatoms. The predicted octanol–water partition coefficient (Wildman–Crippen LogP) is 19.8. The van der Waals surface area contributed by atoms with E-state index in [9.17, 15) is 15.0 Å². The zero-order valence-corrected chi connectivity index (χ0v) is 44.7. The Hall–Kier alpha value is -1.65. The van der Waals surface area contributed by atoms with Crippen LogP contribution in [-0.2, 0) is 4.79 Å². The minimum atomic E-state index is -0.872. The molecule has 0 saturated heterocycles. The molecular formula is C62H117NO3. The summed E-state index contributed by atoms with van der Waals surface area (Å²) >= 11 is 0. The molecule has 66 heavy (non-hydrogen) atoms. The lowest BCUT2D eigenvalue weighted by atomic mass is 10.0. The first kappa shape index (κ1) is 64.3. The van der Waals surface area contributed by atoms with Gasteiger partial charge in [-0.3, -0.25) is 4.79 Å². The van der Waals surface area contributed by atoms with Crippen LogP contribution in [0.2, 0.25) is 0 Å². The summed E-state index contributed by atoms with van der Waals surface area (Å²) in [5, 5.41) is 23.2. The van der Waals surface area contributed by atoms with Crippen LogP contribution >= 0.6 is 0 Å². The average Bonchev–Trinajstić information content (AvgIpc) is 3.32. The fourth-order valence-electron chi connectivity index (χ4n) is 9.21. The number of rotatable bonds is 55. The maximum atomic E-state index is 12.5. The smallest absolute Gasteiger partial charge is 0.220 e. The van der Waals surface area contributed by atoms with Gasteiger partial charge in [0.05, 0.1) is 18.8 Å². The van der Waals surface area contributed by atoms with Crippen LogP contribution in [0, 0.1) is 0 Å². The molecule has 1 amide bonds. The molecule has 0 bridgehead atoms. The second kappa shape index (κ2) is 57.7. The van der Waals surface area contributed by atoms with Gasteiger partial charge in [-0.1, -0.05) is 294 Å². The number of allylic oxidation sites excluding steroid dienone is 7. The number of unbranched alkanes of at least 4 members (excludes halogenated alkanes) is 42. The predicted molar refractivity (Wildman–Crippen MR) is 295 cm³/mol. The minimum Gasteiger partial charge on any atom is -0.394 e. The van der Waals surface area contributed by atoms with Crippen molar-refractivity contribution < 1.29 is 15.0 Å². The maximum absolute atomic E-state index is 12.5. The molecule has 2 unspecified atom stereocenters. The molecule has 0 aromatic heterocycles. The Morgan fingerprint density at radius 1 is 0.348 bits per heavy atom. The first-order chi connectivity index (χ1) is 32.7. The number of aliphatic hydroxyl groups is 2. The minimum absolute atomic E-state index is 0.0743. The summed E-state index contributed by atoms with van der Waals surface area (Å²) in [4.78, 5) is 12.5. The topological polar surface area (TPSA) is 69.6 Å². The van der Waals surface area contributed by atoms with Crippen molar-refractivity contribution in [3.05, 3.63) is 48.6 Å². The molecule has 4 nitrogen and oxygen atoms in total. The quantitative estimate of drug-likeness (QED) is 0.0420. The fraction of sp³-hybridized carbons (Fsp3) is 0.855. The van der Waals surface area contributed by atoms with Crippen LogP contribution in [-0.4, -0.2) is 34.9 Å². The summed E-state index contributed by atoms with van der Waals surface area (Å²) in [5.41, 5.74) is 0. The van der Waals surface area contributed by atoms with Gasteiger partial charge < -0.3 is 15.5 Å². The van der Waals surface area contributed by atoms with E-state index in [1.54, 1.807) is 6.08 Å². The summed E-state index contributed by atoms with van der Waals surface area (Å²) < 4.78 is 0. The van der Waals surface area contributed by atoms with Gasteiger partial charge in [0.1, 0.15) is 0 Å². The van der Waals surface area contributed by atoms with E-state index in [1.807, 2.05) is 6.08 Å². The van der Waals surface area contributed by atoms with E-state index in [-0.39, 0.29) is 12.5 Å². The molecule has 0 aliphatic heterocycles. The second-order valence-electron chi connectivity index (χ2n) is 20.4. The second-order valence-corrected chi connectivity index (χ2v) is 20.4. The van der Waals surface area contributed by atoms with Crippen molar-refractivity contribution in [3.63, 3.8) is 0 Å². The lowest BCUT2D eigenvalue weighted by Gasteiger charge is -2.19. The summed E-state index contributed by atoms with van der Waals surface area (Å²) in [5.74, 6) is -0.0743. The number of hydrogen-bond acceptors (Lipinski definition) is 3. The molecule has 0 fully saturated rings. The van der Waals surface area contributed by atoms with Crippen molar-refractivity contribution in [2.75, 3.05) is 6.61 Å². The van der Waals surface area contributed by atoms with Crippen molar-refractivity contribution >= 4 is 5.91 Å². The number of hydrogen-bond donors (Lipinski definition) is 3. The molecule has 0 aromatic rings. The Balaban J connectivity index is 3.53. The Bertz CT molecular complexity index is 1050. The lowest BCUT2D eigenvalue weighted by Crippen LogP contribution is -2.45. The SMILES string of the molecule is CCCCCCCCCCCCCC/C=C\CCCCCCCCCCCCCCCC(=O)NC(CO)C(O)/C=C/CC/C=C/CC/C=C/CCCCCCCCCCCCCCCCC. The van der Waals surface area contributed by atoms with Crippen LogP contribution in [0.25, 0.3) is 0 Å². The van der Waals surface area contributed by atoms with E-state index in [0.29, 0.717) is 6.42 Å². The van der Waals surface area contributed by atoms with Gasteiger partial charge in [-0.15, -0.1) is 0 Å². The van der Waals surface area contributed by atoms with E-state index < -0.39 is 12.1 Å². The highest BCUT2D eigenvalue weighted by Crippen LogP contribution is 2.17. The van der Waals surface area contributed by atoms with Crippen LogP contribution in [0.15, 0.2) is 48.6 Å². The van der Waals surface area contributed by atoms with Crippen molar-refractivity contribution in [1.82, 2.24) is 5.32 Å². The fourth-order valence-corrected chi connectivity index (χ4v) is 9.21. The van der Waals surface area contributed by atoms with Crippen LogP contribution in [0.5, 0.6) is 0 Å². The van der Waals surface area contributed by atoms with Gasteiger partial charge in [-0.2, -0.15) is 0 Å². The number of nitrogens with one attached hydrogen (secondary N) is 1. The molecule has 388 valence electrons. The number of aliphatic hydroxyl groups excluding tert-OH is 2. The first-order valence-electron chi connectivity index (χ1n) is 29.9. The molecule has 0 radical (unpaired) electrons. The maximum Gasteiger partial charge on any atom is 0.220 e. The Morgan fingerprint density at radius 3 is 0.879 bits per heavy atom. The zero-order chi connectivity index (χ0) is 47.7. The molecule has 0 spiro atoms. The van der Waals surface area contributed by atoms with Crippen LogP contribution in [0.4, 0.5) is 0 Å². The monoisotopic (exact) mass is 924 g/mol. The average molecular weight is 925 g/mol. The normalized spacial score (nSPS) is 13.1. The zero-order valence-electron chi connectivity index (χ0n) is 44.7. The van der Waals surface area contributed by atoms with Crippen LogP contribution in [0.3, 0.4) is 0 Å². The summed E-state index contributed by atoms with van der Waals surface area (Å²) in [6, 6.07) is -0.647. The molecular weight excluding hydrogens is 807 g/mol. The highest BCUT2D eigenvalue weighted by Gasteiger charge is 2.18. The van der Waals surface area contributed by atoms with Crippen molar-refractivity contribution in [2.45, 2.75) is 334 Å². The molecule has 3 N–H and O–H groups in total. The van der Waals surface area contributed by atoms with Gasteiger partial charge in [0.15, 0.2) is 0 Å². The highest BCUT2D eigenvalue weighted by molar-refractivity contribution is 5.76. The molecule has 0 aromatic carbocycles. The van der Waals surface area contributed by atoms with Crippen molar-refractivity contribution in [1.29, 1.82) is 0 Å². The molecule has 0 rings (SSSR count). The third-order valence-corrected chi connectivity index (χ3v) is 13.8. The van der Waals surface area contributed by atoms with E-state index in [0.717, 1.165) is 38.5 Å². The van der Waals surface area contributed by atoms with E-state index >= 15 is 0 Å². The standard InChI is InChI=1S/C62H117NO3/c1-3-5-7-9-11-13-15-17-19-21-23-25-27-29-30-31-32-34-36-38-40-42-44-46-48-50-52-54-56-58-62(66)63-60(59-64)61(65)57-55-53-51-49-47-45-43-41-39-37-35-33-28-26-24-22-20-18-16-14-12-10-8-6-4-2/h29-30,39,41,47,49,55,57,60-61,64-65H,3-28,31-38,40,42-46,48,50-54,56,58-59H2,1-2H3,(H,63,66)/b30-29-,41-39+,49-47+,57-55+. The van der Waals surface area contributed by atoms with Gasteiger partial charge in [0.2, 0.25) is 5.91 Å². The molecule has 0 aliphatic carbocycles. The molecule has 0 heterocycles. The number of carbonyl (C=O) groups is 1. The van der Waals surface area contributed by atoms with Gasteiger partial charge in [0, 0.05) is 6.42 Å². The van der Waals surface area contributed by atoms with Gasteiger partial charge in [-0.05, 0) is 70.6 Å². The van der Waals surface area contributed by atoms with Crippen molar-refractivity contribution in [3.8, 4) is 0 Å². The lowest BCUT2D eigenvalue weighted by molar-refractivity contribution is -0.123. The third-order valence-electron chi connectivity index (χ3n) is 13.8. The molecule has 0 saturated carbocycles. The largest absolute Gasteiger partial charge is 0.394 e. The number of carbonyl (C=O) groups excluding carboxylic acids is 1. The van der Waals surface area contributed by atoms with E-state index in [4.69, 9.17) is 0 Å². The summed E-state index contributed by atoms with van der Waals surface area (Å²) in [6.07, 6.45) is 80.1. The van der Waals surface area contributed by atoms with Gasteiger partial charge in [0.25, 0.3) is 0 Å². The van der Waals surface area contributed by atoms with Crippen molar-refractivity contribution in [2.24, 2.45) is 0 Å². The van der Waals surface area contributed by atoms with E-state index in [2.05, 4.69) is 55.6 Å². The molecule has 0 aliphatic rings. The first-order valence-corrected chi connectivity index (χ1v) is 29.9. The molecule has 2 atom stereocenters. The Labute approximate surface area is 414 Å². The third kappa shape index (κ3) is 53.3. The number of amides is 1. The van der Waals surface area contributed by atoms with Crippen LogP contribution < -0.4 is 5.32 Å². The van der Waals surface area contributed by atoms with Crippen LogP contribution in [0.1, 0.15) is 322 Å².